The molecule has 0 N–H and O–H groups in total. The predicted octanol–water partition coefficient (Wildman–Crippen LogP) is 14.6. The Morgan fingerprint density at radius 3 is 1.88 bits per heavy atom. The van der Waals surface area contributed by atoms with Crippen molar-refractivity contribution in [1.29, 1.82) is 0 Å². The van der Waals surface area contributed by atoms with Crippen molar-refractivity contribution in [3.8, 4) is 11.1 Å². The summed E-state index contributed by atoms with van der Waals surface area (Å²) in [5, 5.41) is 12.5. The van der Waals surface area contributed by atoms with E-state index in [1.54, 1.807) is 0 Å². The molecule has 0 unspecified atom stereocenters. The molecule has 8 aromatic carbocycles. The fraction of sp³-hybridized carbons (Fsp3) is 0.0417. The van der Waals surface area contributed by atoms with Crippen LogP contribution in [0.2, 0.25) is 0 Å². The first-order valence-corrected chi connectivity index (χ1v) is 18.0. The maximum absolute atomic E-state index is 6.27. The lowest BCUT2D eigenvalue weighted by Crippen LogP contribution is -1.92. The lowest BCUT2D eigenvalue weighted by Gasteiger charge is -2.18. The summed E-state index contributed by atoms with van der Waals surface area (Å²) >= 11 is 1.87. The largest absolute Gasteiger partial charge is 0.456 e. The molecule has 0 aliphatic heterocycles. The molecule has 0 atom stereocenters. The number of benzene rings is 8. The number of hydrogen-bond donors (Lipinski definition) is 0. The topological polar surface area (TPSA) is 13.1 Å². The molecule has 236 valence electrons. The van der Waals surface area contributed by atoms with Crippen LogP contribution in [0.25, 0.3) is 96.7 Å². The second-order valence-corrected chi connectivity index (χ2v) is 14.4. The summed E-state index contributed by atoms with van der Waals surface area (Å²) < 4.78 is 8.88. The third kappa shape index (κ3) is 4.46. The number of para-hydroxylation sites is 1. The normalized spacial score (nSPS) is 12.8. The molecule has 0 radical (unpaired) electrons. The molecule has 0 aliphatic carbocycles. The lowest BCUT2D eigenvalue weighted by atomic mass is 9.85. The van der Waals surface area contributed by atoms with Gasteiger partial charge in [0.1, 0.15) is 11.2 Å². The highest BCUT2D eigenvalue weighted by molar-refractivity contribution is 7.25. The fourth-order valence-corrected chi connectivity index (χ4v) is 9.08. The summed E-state index contributed by atoms with van der Waals surface area (Å²) in [6, 6.07) is 53.0. The molecule has 0 saturated carbocycles. The van der Waals surface area contributed by atoms with Crippen molar-refractivity contribution in [2.24, 2.45) is 0 Å². The van der Waals surface area contributed by atoms with Gasteiger partial charge in [0.2, 0.25) is 0 Å². The standard InChI is InChI=1S/C48H32OS/c1-29(31-12-4-3-5-13-31)20-21-30(2)46-34-14-6-8-16-36(34)47(37-17-9-7-15-35(37)46)33-23-25-44-40(26-33)41-28-39-32(27-45(41)50-44)22-24-43-48(39)38-18-10-11-19-42(38)49-43/h3-28H,1-2H3/b29-20+,30-21+. The lowest BCUT2D eigenvalue weighted by molar-refractivity contribution is 0.669. The molecule has 50 heavy (non-hydrogen) atoms. The van der Waals surface area contributed by atoms with Gasteiger partial charge in [-0.2, -0.15) is 0 Å². The smallest absolute Gasteiger partial charge is 0.136 e. The molecule has 2 heterocycles. The van der Waals surface area contributed by atoms with Gasteiger partial charge in [-0.05, 0) is 116 Å². The van der Waals surface area contributed by atoms with Gasteiger partial charge < -0.3 is 4.42 Å². The maximum Gasteiger partial charge on any atom is 0.136 e. The molecule has 0 bridgehead atoms. The van der Waals surface area contributed by atoms with Crippen LogP contribution in [-0.4, -0.2) is 0 Å². The summed E-state index contributed by atoms with van der Waals surface area (Å²) in [7, 11) is 0. The molecule has 0 saturated heterocycles. The van der Waals surface area contributed by atoms with E-state index in [0.29, 0.717) is 0 Å². The molecule has 1 nitrogen and oxygen atoms in total. The van der Waals surface area contributed by atoms with Crippen LogP contribution in [0.5, 0.6) is 0 Å². The molecule has 10 aromatic rings. The second kappa shape index (κ2) is 11.3. The average Bonchev–Trinajstić information content (AvgIpc) is 3.73. The first kappa shape index (κ1) is 29.0. The number of rotatable bonds is 4. The highest BCUT2D eigenvalue weighted by Crippen LogP contribution is 2.45. The molecule has 0 spiro atoms. The Balaban J connectivity index is 1.20. The van der Waals surface area contributed by atoms with Gasteiger partial charge >= 0.3 is 0 Å². The summed E-state index contributed by atoms with van der Waals surface area (Å²) in [5.74, 6) is 0. The van der Waals surface area contributed by atoms with E-state index in [1.165, 1.54) is 96.7 Å². The van der Waals surface area contributed by atoms with Gasteiger partial charge in [0.05, 0.1) is 0 Å². The summed E-state index contributed by atoms with van der Waals surface area (Å²) in [6.07, 6.45) is 4.53. The van der Waals surface area contributed by atoms with Gasteiger partial charge in [0.15, 0.2) is 0 Å². The van der Waals surface area contributed by atoms with Crippen LogP contribution in [0.15, 0.2) is 162 Å². The zero-order valence-electron chi connectivity index (χ0n) is 27.8. The first-order valence-electron chi connectivity index (χ1n) is 17.2. The van der Waals surface area contributed by atoms with Gasteiger partial charge in [-0.1, -0.05) is 121 Å². The first-order chi connectivity index (χ1) is 24.6. The minimum Gasteiger partial charge on any atom is -0.456 e. The van der Waals surface area contributed by atoms with E-state index in [1.807, 2.05) is 17.4 Å². The van der Waals surface area contributed by atoms with Crippen LogP contribution >= 0.6 is 11.3 Å². The quantitative estimate of drug-likeness (QED) is 0.136. The van der Waals surface area contributed by atoms with Crippen molar-refractivity contribution in [2.45, 2.75) is 13.8 Å². The monoisotopic (exact) mass is 656 g/mol. The minimum atomic E-state index is 0.933. The highest BCUT2D eigenvalue weighted by atomic mass is 32.1. The molecule has 0 amide bonds. The number of furan rings is 1. The molecular weight excluding hydrogens is 625 g/mol. The van der Waals surface area contributed by atoms with E-state index < -0.39 is 0 Å². The van der Waals surface area contributed by atoms with Crippen molar-refractivity contribution < 1.29 is 4.42 Å². The predicted molar refractivity (Wildman–Crippen MR) is 218 cm³/mol. The zero-order chi connectivity index (χ0) is 33.3. The van der Waals surface area contributed by atoms with Crippen molar-refractivity contribution in [3.63, 3.8) is 0 Å². The third-order valence-corrected chi connectivity index (χ3v) is 11.5. The fourth-order valence-electron chi connectivity index (χ4n) is 7.97. The van der Waals surface area contributed by atoms with Gasteiger partial charge in [0, 0.05) is 30.9 Å². The molecule has 0 aliphatic rings. The highest BCUT2D eigenvalue weighted by Gasteiger charge is 2.18. The zero-order valence-corrected chi connectivity index (χ0v) is 28.6. The van der Waals surface area contributed by atoms with Crippen LogP contribution in [0.1, 0.15) is 25.0 Å². The van der Waals surface area contributed by atoms with E-state index in [-0.39, 0.29) is 0 Å². The van der Waals surface area contributed by atoms with Crippen LogP contribution < -0.4 is 0 Å². The number of hydrogen-bond acceptors (Lipinski definition) is 2. The molecule has 0 fully saturated rings. The SMILES string of the molecule is C/C(=C\C=C(/C)c1c2ccccc2c(-c2ccc3sc4cc5ccc6oc7ccccc7c6c5cc4c3c2)c2ccccc12)c1ccccc1. The maximum atomic E-state index is 6.27. The number of allylic oxidation sites excluding steroid dienone is 4. The Morgan fingerprint density at radius 1 is 0.480 bits per heavy atom. The van der Waals surface area contributed by atoms with E-state index in [2.05, 4.69) is 166 Å². The van der Waals surface area contributed by atoms with Gasteiger partial charge in [-0.15, -0.1) is 11.3 Å². The molecule has 2 aromatic heterocycles. The van der Waals surface area contributed by atoms with Crippen LogP contribution in [0.4, 0.5) is 0 Å². The Hall–Kier alpha value is -5.96. The molecule has 2 heteroatoms. The number of fused-ring (bicyclic) bond motifs is 10. The summed E-state index contributed by atoms with van der Waals surface area (Å²) in [5.41, 5.74) is 9.44. The molecular formula is C48H32OS. The third-order valence-electron chi connectivity index (χ3n) is 10.4. The van der Waals surface area contributed by atoms with E-state index >= 15 is 0 Å². The molecule has 10 rings (SSSR count). The van der Waals surface area contributed by atoms with Crippen LogP contribution in [0, 0.1) is 0 Å². The van der Waals surface area contributed by atoms with Crippen LogP contribution in [-0.2, 0) is 0 Å². The minimum absolute atomic E-state index is 0.933. The van der Waals surface area contributed by atoms with E-state index in [9.17, 15) is 0 Å². The number of thiophene rings is 1. The van der Waals surface area contributed by atoms with Gasteiger partial charge in [0.25, 0.3) is 0 Å². The van der Waals surface area contributed by atoms with Crippen LogP contribution in [0.3, 0.4) is 0 Å². The Morgan fingerprint density at radius 2 is 1.12 bits per heavy atom. The van der Waals surface area contributed by atoms with Crippen molar-refractivity contribution in [1.82, 2.24) is 0 Å². The Labute approximate surface area is 294 Å². The second-order valence-electron chi connectivity index (χ2n) is 13.3. The summed E-state index contributed by atoms with van der Waals surface area (Å²) in [6.45, 7) is 4.43. The van der Waals surface area contributed by atoms with Crippen molar-refractivity contribution in [2.75, 3.05) is 0 Å². The average molecular weight is 657 g/mol. The Bertz CT molecular complexity index is 2990. The van der Waals surface area contributed by atoms with Gasteiger partial charge in [-0.25, -0.2) is 0 Å². The van der Waals surface area contributed by atoms with Gasteiger partial charge in [-0.3, -0.25) is 0 Å². The van der Waals surface area contributed by atoms with E-state index in [0.717, 1.165) is 11.2 Å². The Kier molecular flexibility index (Phi) is 6.55. The van der Waals surface area contributed by atoms with Crippen molar-refractivity contribution >= 4 is 96.9 Å². The summed E-state index contributed by atoms with van der Waals surface area (Å²) in [4.78, 5) is 0. The van der Waals surface area contributed by atoms with E-state index in [4.69, 9.17) is 4.42 Å². The van der Waals surface area contributed by atoms with Crippen molar-refractivity contribution in [3.05, 3.63) is 169 Å².